The summed E-state index contributed by atoms with van der Waals surface area (Å²) in [5, 5.41) is 3.07. The van der Waals surface area contributed by atoms with Crippen LogP contribution < -0.4 is 10.1 Å². The fourth-order valence-corrected chi connectivity index (χ4v) is 4.78. The van der Waals surface area contributed by atoms with Crippen LogP contribution in [-0.2, 0) is 9.53 Å². The third kappa shape index (κ3) is 6.49. The maximum Gasteiger partial charge on any atom is 0.338 e. The number of carbonyl (C=O) groups is 3. The minimum atomic E-state index is -0.795. The monoisotopic (exact) mass is 551 g/mol. The summed E-state index contributed by atoms with van der Waals surface area (Å²) in [6.45, 7) is 12.2. The second kappa shape index (κ2) is 12.9. The van der Waals surface area contributed by atoms with E-state index in [-0.39, 0.29) is 24.1 Å². The van der Waals surface area contributed by atoms with Crippen LogP contribution in [0.15, 0.2) is 48.5 Å². The summed E-state index contributed by atoms with van der Waals surface area (Å²) >= 11 is 0. The Kier molecular flexibility index (Phi) is 10.0. The molecule has 0 bridgehead atoms. The van der Waals surface area contributed by atoms with Crippen LogP contribution >= 0.6 is 0 Å². The molecule has 40 heavy (non-hydrogen) atoms. The van der Waals surface area contributed by atoms with Gasteiger partial charge in [-0.25, -0.2) is 14.5 Å². The topological polar surface area (TPSA) is 88.2 Å². The zero-order valence-corrected chi connectivity index (χ0v) is 25.2. The Morgan fingerprint density at radius 1 is 1.02 bits per heavy atom. The number of nitrogens with zero attached hydrogens (tertiary/aromatic N) is 2. The predicted molar refractivity (Wildman–Crippen MR) is 156 cm³/mol. The molecule has 2 aromatic carbocycles. The minimum absolute atomic E-state index is 0.215. The highest BCUT2D eigenvalue weighted by Crippen LogP contribution is 2.46. The molecule has 1 aliphatic heterocycles. The van der Waals surface area contributed by atoms with Crippen LogP contribution in [0.25, 0.3) is 0 Å². The zero-order valence-electron chi connectivity index (χ0n) is 25.2. The second-order valence-electron chi connectivity index (χ2n) is 11.5. The average Bonchev–Trinajstić information content (AvgIpc) is 2.93. The van der Waals surface area contributed by atoms with E-state index >= 15 is 0 Å². The number of imide groups is 1. The fraction of sp³-hybridized carbons (Fsp3) is 0.531. The summed E-state index contributed by atoms with van der Waals surface area (Å²) in [5.41, 5.74) is 1.46. The summed E-state index contributed by atoms with van der Waals surface area (Å²) in [4.78, 5) is 42.6. The van der Waals surface area contributed by atoms with Gasteiger partial charge in [0.2, 0.25) is 5.91 Å². The third-order valence-corrected chi connectivity index (χ3v) is 8.29. The van der Waals surface area contributed by atoms with Crippen molar-refractivity contribution in [1.82, 2.24) is 15.1 Å². The van der Waals surface area contributed by atoms with Crippen LogP contribution in [-0.4, -0.2) is 60.2 Å². The van der Waals surface area contributed by atoms with E-state index in [0.29, 0.717) is 24.2 Å². The van der Waals surface area contributed by atoms with Crippen LogP contribution in [0.1, 0.15) is 87.8 Å². The Bertz CT molecular complexity index is 1170. The van der Waals surface area contributed by atoms with Crippen LogP contribution in [0.2, 0.25) is 0 Å². The summed E-state index contributed by atoms with van der Waals surface area (Å²) in [6, 6.07) is 14.0. The van der Waals surface area contributed by atoms with Gasteiger partial charge in [-0.2, -0.15) is 0 Å². The van der Waals surface area contributed by atoms with Crippen molar-refractivity contribution < 1.29 is 23.9 Å². The van der Waals surface area contributed by atoms with Crippen molar-refractivity contribution in [2.45, 2.75) is 85.0 Å². The second-order valence-corrected chi connectivity index (χ2v) is 11.5. The highest BCUT2D eigenvalue weighted by molar-refractivity contribution is 6.03. The number of carbonyl (C=O) groups excluding carboxylic acids is 3. The van der Waals surface area contributed by atoms with Crippen LogP contribution in [0.5, 0.6) is 5.75 Å². The molecule has 1 heterocycles. The summed E-state index contributed by atoms with van der Waals surface area (Å²) < 4.78 is 11.8. The number of esters is 1. The van der Waals surface area contributed by atoms with Crippen molar-refractivity contribution in [1.29, 1.82) is 0 Å². The van der Waals surface area contributed by atoms with Crippen molar-refractivity contribution in [3.05, 3.63) is 65.2 Å². The molecule has 0 aromatic heterocycles. The van der Waals surface area contributed by atoms with Gasteiger partial charge in [0.15, 0.2) is 6.23 Å². The molecule has 1 N–H and O–H groups in total. The molecule has 8 heteroatoms. The molecule has 1 saturated heterocycles. The van der Waals surface area contributed by atoms with Gasteiger partial charge >= 0.3 is 12.0 Å². The van der Waals surface area contributed by atoms with Crippen molar-refractivity contribution in [3.63, 3.8) is 0 Å². The first-order chi connectivity index (χ1) is 18.9. The van der Waals surface area contributed by atoms with Gasteiger partial charge in [-0.1, -0.05) is 57.0 Å². The van der Waals surface area contributed by atoms with Gasteiger partial charge < -0.3 is 19.7 Å². The smallest absolute Gasteiger partial charge is 0.338 e. The molecule has 0 radical (unpaired) electrons. The molecule has 3 amide bonds. The largest absolute Gasteiger partial charge is 0.469 e. The molecular weight excluding hydrogens is 506 g/mol. The number of hydrogen-bond acceptors (Lipinski definition) is 6. The number of amides is 3. The molecule has 8 nitrogen and oxygen atoms in total. The van der Waals surface area contributed by atoms with E-state index in [0.717, 1.165) is 24.0 Å². The fourth-order valence-electron chi connectivity index (χ4n) is 4.78. The summed E-state index contributed by atoms with van der Waals surface area (Å²) in [5.74, 6) is -0.186. The normalized spacial score (nSPS) is 17.3. The number of aryl methyl sites for hydroxylation is 1. The van der Waals surface area contributed by atoms with E-state index in [2.05, 4.69) is 12.2 Å². The van der Waals surface area contributed by atoms with E-state index in [1.54, 1.807) is 24.3 Å². The molecule has 0 saturated carbocycles. The number of β-lactam (4-membered cyclic amide) rings is 1. The SMILES string of the molecule is CCC[C@@H](NC(=O)N1C(=O)C(CC)(CC)[C@@H]1Oc1ccc(C(=O)OCC(C)(C)N(C)C)cc1)c1ccc(C)cc1. The van der Waals surface area contributed by atoms with Gasteiger partial charge in [0.05, 0.1) is 11.6 Å². The molecule has 2 atom stereocenters. The number of rotatable bonds is 12. The van der Waals surface area contributed by atoms with Gasteiger partial charge in [-0.05, 0) is 84.0 Å². The highest BCUT2D eigenvalue weighted by Gasteiger charge is 2.63. The average molecular weight is 552 g/mol. The third-order valence-electron chi connectivity index (χ3n) is 8.29. The quantitative estimate of drug-likeness (QED) is 0.253. The summed E-state index contributed by atoms with van der Waals surface area (Å²) in [7, 11) is 3.88. The van der Waals surface area contributed by atoms with E-state index in [9.17, 15) is 14.4 Å². The van der Waals surface area contributed by atoms with E-state index < -0.39 is 23.6 Å². The lowest BCUT2D eigenvalue weighted by atomic mass is 9.72. The van der Waals surface area contributed by atoms with Crippen molar-refractivity contribution in [3.8, 4) is 5.75 Å². The maximum absolute atomic E-state index is 13.5. The lowest BCUT2D eigenvalue weighted by Crippen LogP contribution is -2.73. The Labute approximate surface area is 239 Å². The first-order valence-corrected chi connectivity index (χ1v) is 14.2. The first-order valence-electron chi connectivity index (χ1n) is 14.2. The van der Waals surface area contributed by atoms with E-state index in [1.165, 1.54) is 4.90 Å². The molecule has 3 rings (SSSR count). The Hall–Kier alpha value is -3.39. The van der Waals surface area contributed by atoms with Crippen LogP contribution in [0.4, 0.5) is 4.79 Å². The number of urea groups is 1. The molecule has 1 fully saturated rings. The maximum atomic E-state index is 13.5. The van der Waals surface area contributed by atoms with Crippen molar-refractivity contribution >= 4 is 17.9 Å². The van der Waals surface area contributed by atoms with Gasteiger partial charge in [-0.15, -0.1) is 0 Å². The highest BCUT2D eigenvalue weighted by atomic mass is 16.5. The van der Waals surface area contributed by atoms with E-state index in [4.69, 9.17) is 9.47 Å². The molecule has 1 aliphatic rings. The standard InChI is InChI=1S/C32H45N3O5/c1-9-12-26(23-15-13-22(4)14-16-23)33-30(38)35-28(37)32(10-2,11-3)29(35)40-25-19-17-24(18-20-25)27(36)39-21-31(5,6)34(7)8/h13-20,26,29H,9-12,21H2,1-8H3,(H,33,38)/t26-,29+/m1/s1. The molecule has 0 unspecified atom stereocenters. The Balaban J connectivity index is 1.75. The van der Waals surface area contributed by atoms with Gasteiger partial charge in [0, 0.05) is 5.54 Å². The number of hydrogen-bond donors (Lipinski definition) is 1. The Morgan fingerprint density at radius 2 is 1.62 bits per heavy atom. The first kappa shape index (κ1) is 31.1. The van der Waals surface area contributed by atoms with Gasteiger partial charge in [0.25, 0.3) is 0 Å². The molecule has 218 valence electrons. The lowest BCUT2D eigenvalue weighted by Gasteiger charge is -2.53. The lowest BCUT2D eigenvalue weighted by molar-refractivity contribution is -0.191. The number of likely N-dealkylation sites (N-methyl/N-ethyl adjacent to an activating group) is 1. The number of ether oxygens (including phenoxy) is 2. The predicted octanol–water partition coefficient (Wildman–Crippen LogP) is 6.10. The minimum Gasteiger partial charge on any atom is -0.469 e. The zero-order chi connectivity index (χ0) is 29.7. The van der Waals surface area contributed by atoms with Gasteiger partial charge in [0.1, 0.15) is 17.8 Å². The number of likely N-dealkylation sites (tertiary alicyclic amines) is 1. The number of benzene rings is 2. The van der Waals surface area contributed by atoms with Crippen molar-refractivity contribution in [2.75, 3.05) is 20.7 Å². The van der Waals surface area contributed by atoms with Gasteiger partial charge in [-0.3, -0.25) is 4.79 Å². The van der Waals surface area contributed by atoms with E-state index in [1.807, 2.05) is 77.9 Å². The molecule has 0 aliphatic carbocycles. The summed E-state index contributed by atoms with van der Waals surface area (Å²) in [6.07, 6.45) is 1.95. The number of nitrogens with one attached hydrogen (secondary N) is 1. The molecule has 2 aromatic rings. The van der Waals surface area contributed by atoms with Crippen LogP contribution in [0, 0.1) is 12.3 Å². The molecular formula is C32H45N3O5. The van der Waals surface area contributed by atoms with Crippen molar-refractivity contribution in [2.24, 2.45) is 5.41 Å². The Morgan fingerprint density at radius 3 is 2.15 bits per heavy atom. The molecule has 0 spiro atoms. The van der Waals surface area contributed by atoms with Crippen LogP contribution in [0.3, 0.4) is 0 Å².